The molecule has 0 spiro atoms. The highest BCUT2D eigenvalue weighted by Crippen LogP contribution is 2.20. The molecule has 0 unspecified atom stereocenters. The van der Waals surface area contributed by atoms with Crippen LogP contribution in [0.5, 0.6) is 0 Å². The van der Waals surface area contributed by atoms with Gasteiger partial charge in [0, 0.05) is 20.9 Å². The number of thiol groups is 1. The largest absolute Gasteiger partial charge is 0.348 e. The minimum atomic E-state index is -0.141. The average molecular weight is 357 g/mol. The first-order valence-corrected chi connectivity index (χ1v) is 7.19. The van der Waals surface area contributed by atoms with E-state index in [1.54, 1.807) is 24.3 Å². The van der Waals surface area contributed by atoms with Gasteiger partial charge in [0.25, 0.3) is 5.91 Å². The minimum absolute atomic E-state index is 0.141. The molecule has 2 aromatic rings. The molecule has 98 valence electrons. The molecule has 0 bridgehead atoms. The maximum atomic E-state index is 12.1. The van der Waals surface area contributed by atoms with Crippen LogP contribution in [0.4, 0.5) is 0 Å². The molecule has 1 amide bonds. The molecule has 0 heterocycles. The molecule has 0 atom stereocenters. The Hall–Kier alpha value is -0.970. The van der Waals surface area contributed by atoms with Gasteiger partial charge in [-0.3, -0.25) is 4.79 Å². The first-order chi connectivity index (χ1) is 9.06. The van der Waals surface area contributed by atoms with Crippen LogP contribution in [0.1, 0.15) is 15.9 Å². The number of hydrogen-bond donors (Lipinski definition) is 2. The Balaban J connectivity index is 2.05. The second kappa shape index (κ2) is 6.46. The number of carbonyl (C=O) groups excluding carboxylic acids is 1. The molecule has 0 fully saturated rings. The van der Waals surface area contributed by atoms with Crippen molar-refractivity contribution in [3.8, 4) is 0 Å². The molecular weight excluding hydrogens is 346 g/mol. The Morgan fingerprint density at radius 1 is 1.21 bits per heavy atom. The number of halogens is 2. The van der Waals surface area contributed by atoms with E-state index in [-0.39, 0.29) is 5.91 Å². The zero-order valence-electron chi connectivity index (χ0n) is 9.86. The lowest BCUT2D eigenvalue weighted by Crippen LogP contribution is -2.23. The van der Waals surface area contributed by atoms with Gasteiger partial charge >= 0.3 is 0 Å². The molecule has 0 radical (unpaired) electrons. The van der Waals surface area contributed by atoms with Crippen LogP contribution < -0.4 is 5.32 Å². The summed E-state index contributed by atoms with van der Waals surface area (Å²) in [6.07, 6.45) is 0. The minimum Gasteiger partial charge on any atom is -0.348 e. The molecular formula is C14H11BrClNOS. The second-order valence-corrected chi connectivity index (χ2v) is 5.78. The monoisotopic (exact) mass is 355 g/mol. The van der Waals surface area contributed by atoms with Crippen LogP contribution in [0.2, 0.25) is 5.02 Å². The zero-order chi connectivity index (χ0) is 13.8. The van der Waals surface area contributed by atoms with E-state index in [9.17, 15) is 4.79 Å². The number of rotatable bonds is 3. The summed E-state index contributed by atoms with van der Waals surface area (Å²) in [6, 6.07) is 12.7. The van der Waals surface area contributed by atoms with Crippen LogP contribution in [0.15, 0.2) is 51.8 Å². The highest BCUT2D eigenvalue weighted by molar-refractivity contribution is 9.10. The normalized spacial score (nSPS) is 10.3. The van der Waals surface area contributed by atoms with Gasteiger partial charge in [0.1, 0.15) is 0 Å². The van der Waals surface area contributed by atoms with E-state index in [1.165, 1.54) is 0 Å². The van der Waals surface area contributed by atoms with Gasteiger partial charge in [-0.05, 0) is 51.8 Å². The summed E-state index contributed by atoms with van der Waals surface area (Å²) < 4.78 is 0.749. The fourth-order valence-electron chi connectivity index (χ4n) is 1.57. The third-order valence-electron chi connectivity index (χ3n) is 2.56. The molecule has 1 N–H and O–H groups in total. The Kier molecular flexibility index (Phi) is 4.91. The third-order valence-corrected chi connectivity index (χ3v) is 3.78. The van der Waals surface area contributed by atoms with E-state index >= 15 is 0 Å². The van der Waals surface area contributed by atoms with E-state index in [0.717, 1.165) is 14.9 Å². The predicted octanol–water partition coefficient (Wildman–Crippen LogP) is 4.32. The molecule has 2 nitrogen and oxygen atoms in total. The summed E-state index contributed by atoms with van der Waals surface area (Å²) in [7, 11) is 0. The Bertz CT molecular complexity index is 601. The Labute approximate surface area is 130 Å². The molecule has 0 saturated carbocycles. The first kappa shape index (κ1) is 14.4. The smallest absolute Gasteiger partial charge is 0.252 e. The second-order valence-electron chi connectivity index (χ2n) is 3.97. The van der Waals surface area contributed by atoms with Crippen LogP contribution in [0, 0.1) is 0 Å². The number of nitrogens with one attached hydrogen (secondary N) is 1. The SMILES string of the molecule is O=C(NCc1ccc(Cl)cc1)c1cc(S)ccc1Br. The maximum Gasteiger partial charge on any atom is 0.252 e. The molecule has 2 aromatic carbocycles. The fraction of sp³-hybridized carbons (Fsp3) is 0.0714. The van der Waals surface area contributed by atoms with Crippen molar-refractivity contribution in [1.29, 1.82) is 0 Å². The van der Waals surface area contributed by atoms with Crippen LogP contribution >= 0.6 is 40.2 Å². The van der Waals surface area contributed by atoms with Gasteiger partial charge in [-0.25, -0.2) is 0 Å². The van der Waals surface area contributed by atoms with Crippen molar-refractivity contribution in [2.75, 3.05) is 0 Å². The van der Waals surface area contributed by atoms with Crippen LogP contribution in [-0.4, -0.2) is 5.91 Å². The predicted molar refractivity (Wildman–Crippen MR) is 84.0 cm³/mol. The molecule has 19 heavy (non-hydrogen) atoms. The third kappa shape index (κ3) is 4.00. The lowest BCUT2D eigenvalue weighted by molar-refractivity contribution is 0.0950. The molecule has 0 aliphatic carbocycles. The summed E-state index contributed by atoms with van der Waals surface area (Å²) in [5.41, 5.74) is 1.57. The standard InChI is InChI=1S/C14H11BrClNOS/c15-13-6-5-11(19)7-12(13)14(18)17-8-9-1-3-10(16)4-2-9/h1-7,19H,8H2,(H,17,18). The quantitative estimate of drug-likeness (QED) is 0.788. The Morgan fingerprint density at radius 2 is 1.89 bits per heavy atom. The summed E-state index contributed by atoms with van der Waals surface area (Å²) in [4.78, 5) is 12.8. The van der Waals surface area contributed by atoms with Crippen molar-refractivity contribution in [3.05, 3.63) is 63.1 Å². The van der Waals surface area contributed by atoms with Crippen LogP contribution in [0.3, 0.4) is 0 Å². The van der Waals surface area contributed by atoms with E-state index in [1.807, 2.05) is 18.2 Å². The lowest BCUT2D eigenvalue weighted by atomic mass is 10.2. The summed E-state index contributed by atoms with van der Waals surface area (Å²) in [5.74, 6) is -0.141. The van der Waals surface area contributed by atoms with Crippen molar-refractivity contribution in [1.82, 2.24) is 5.32 Å². The van der Waals surface area contributed by atoms with Crippen molar-refractivity contribution in [2.24, 2.45) is 0 Å². The number of benzene rings is 2. The molecule has 0 saturated heterocycles. The highest BCUT2D eigenvalue weighted by Gasteiger charge is 2.09. The number of carbonyl (C=O) groups is 1. The zero-order valence-corrected chi connectivity index (χ0v) is 13.1. The lowest BCUT2D eigenvalue weighted by Gasteiger charge is -2.08. The topological polar surface area (TPSA) is 29.1 Å². The van der Waals surface area contributed by atoms with Crippen molar-refractivity contribution in [3.63, 3.8) is 0 Å². The fourth-order valence-corrected chi connectivity index (χ4v) is 2.32. The van der Waals surface area contributed by atoms with Gasteiger partial charge in [0.05, 0.1) is 5.56 Å². The van der Waals surface area contributed by atoms with Gasteiger partial charge in [0.15, 0.2) is 0 Å². The maximum absolute atomic E-state index is 12.1. The number of amides is 1. The van der Waals surface area contributed by atoms with Gasteiger partial charge in [0.2, 0.25) is 0 Å². The highest BCUT2D eigenvalue weighted by atomic mass is 79.9. The van der Waals surface area contributed by atoms with Gasteiger partial charge < -0.3 is 5.32 Å². The van der Waals surface area contributed by atoms with Gasteiger partial charge in [-0.2, -0.15) is 0 Å². The molecule has 0 aliphatic heterocycles. The van der Waals surface area contributed by atoms with Gasteiger partial charge in [-0.1, -0.05) is 23.7 Å². The van der Waals surface area contributed by atoms with E-state index in [2.05, 4.69) is 33.9 Å². The molecule has 0 aliphatic rings. The average Bonchev–Trinajstić information content (AvgIpc) is 2.40. The number of hydrogen-bond acceptors (Lipinski definition) is 2. The van der Waals surface area contributed by atoms with Crippen molar-refractivity contribution in [2.45, 2.75) is 11.4 Å². The van der Waals surface area contributed by atoms with Crippen molar-refractivity contribution >= 4 is 46.1 Å². The van der Waals surface area contributed by atoms with E-state index in [0.29, 0.717) is 17.1 Å². The van der Waals surface area contributed by atoms with E-state index < -0.39 is 0 Å². The molecule has 5 heteroatoms. The van der Waals surface area contributed by atoms with Crippen LogP contribution in [-0.2, 0) is 6.54 Å². The van der Waals surface area contributed by atoms with Crippen molar-refractivity contribution < 1.29 is 4.79 Å². The molecule has 0 aromatic heterocycles. The summed E-state index contributed by atoms with van der Waals surface area (Å²) in [6.45, 7) is 0.458. The van der Waals surface area contributed by atoms with Crippen LogP contribution in [0.25, 0.3) is 0 Å². The Morgan fingerprint density at radius 3 is 2.58 bits per heavy atom. The summed E-state index contributed by atoms with van der Waals surface area (Å²) in [5, 5.41) is 3.54. The molecule has 2 rings (SSSR count). The van der Waals surface area contributed by atoms with Gasteiger partial charge in [-0.15, -0.1) is 12.6 Å². The van der Waals surface area contributed by atoms with E-state index in [4.69, 9.17) is 11.6 Å². The first-order valence-electron chi connectivity index (χ1n) is 5.57. The summed E-state index contributed by atoms with van der Waals surface area (Å²) >= 11 is 13.4.